The van der Waals surface area contributed by atoms with Crippen molar-refractivity contribution in [3.63, 3.8) is 0 Å². The molecule has 0 spiro atoms. The fraction of sp³-hybridized carbons (Fsp3) is 0.417. The van der Waals surface area contributed by atoms with Gasteiger partial charge in [-0.25, -0.2) is 8.42 Å². The Morgan fingerprint density at radius 3 is 2.15 bits per heavy atom. The minimum Gasteiger partial charge on any atom is -0.352 e. The second-order valence-electron chi connectivity index (χ2n) is 8.21. The molecule has 0 aromatic heterocycles. The van der Waals surface area contributed by atoms with Crippen LogP contribution in [-0.4, -0.2) is 56.6 Å². The summed E-state index contributed by atoms with van der Waals surface area (Å²) in [5, 5.41) is 3.38. The summed E-state index contributed by atoms with van der Waals surface area (Å²) in [4.78, 5) is 27.7. The zero-order valence-corrected chi connectivity index (χ0v) is 22.1. The van der Waals surface area contributed by atoms with Crippen molar-refractivity contribution in [1.29, 1.82) is 0 Å². The molecule has 10 heteroatoms. The van der Waals surface area contributed by atoms with Gasteiger partial charge < -0.3 is 10.2 Å². The lowest BCUT2D eigenvalue weighted by molar-refractivity contribution is -0.139. The van der Waals surface area contributed by atoms with E-state index >= 15 is 0 Å². The molecule has 0 aliphatic heterocycles. The molecule has 0 saturated carbocycles. The molecule has 1 N–H and O–H groups in total. The third-order valence-electron chi connectivity index (χ3n) is 5.47. The van der Waals surface area contributed by atoms with Crippen LogP contribution < -0.4 is 9.62 Å². The van der Waals surface area contributed by atoms with Gasteiger partial charge in [-0.3, -0.25) is 13.9 Å². The molecule has 2 rings (SSSR count). The molecule has 2 aromatic rings. The number of hydrogen-bond donors (Lipinski definition) is 1. The average molecular weight is 529 g/mol. The van der Waals surface area contributed by atoms with Crippen LogP contribution in [0.15, 0.2) is 48.5 Å². The smallest absolute Gasteiger partial charge is 0.244 e. The predicted octanol–water partition coefficient (Wildman–Crippen LogP) is 4.13. The standard InChI is InChI=1S/C24H31Cl2N3O4S/c1-5-17(2)27-24(31)18(3)28(12-11-19-9-7-6-8-10-19)23(30)16-29(34(4,32)33)22-14-20(25)13-21(26)15-22/h6-10,13-15,17-18H,5,11-12,16H2,1-4H3,(H,27,31)/t17-,18+/m0/s1. The number of rotatable bonds is 11. The third kappa shape index (κ3) is 8.18. The van der Waals surface area contributed by atoms with Crippen molar-refractivity contribution in [2.24, 2.45) is 0 Å². The van der Waals surface area contributed by atoms with Crippen LogP contribution in [0.4, 0.5) is 5.69 Å². The van der Waals surface area contributed by atoms with E-state index in [2.05, 4.69) is 5.32 Å². The van der Waals surface area contributed by atoms with Crippen LogP contribution in [0.1, 0.15) is 32.8 Å². The van der Waals surface area contributed by atoms with Gasteiger partial charge in [-0.2, -0.15) is 0 Å². The van der Waals surface area contributed by atoms with Crippen LogP contribution in [0.3, 0.4) is 0 Å². The first-order valence-electron chi connectivity index (χ1n) is 11.0. The molecule has 2 aromatic carbocycles. The average Bonchev–Trinajstić information content (AvgIpc) is 2.76. The molecule has 0 heterocycles. The lowest BCUT2D eigenvalue weighted by atomic mass is 10.1. The molecular formula is C24H31Cl2N3O4S. The van der Waals surface area contributed by atoms with Crippen LogP contribution in [0.5, 0.6) is 0 Å². The molecule has 0 radical (unpaired) electrons. The van der Waals surface area contributed by atoms with Crippen molar-refractivity contribution in [2.45, 2.75) is 45.7 Å². The summed E-state index contributed by atoms with van der Waals surface area (Å²) < 4.78 is 26.1. The number of benzene rings is 2. The van der Waals surface area contributed by atoms with Crippen molar-refractivity contribution in [2.75, 3.05) is 23.7 Å². The number of amides is 2. The minimum atomic E-state index is -3.85. The normalized spacial score (nSPS) is 13.1. The Kier molecular flexibility index (Phi) is 10.2. The first-order valence-corrected chi connectivity index (χ1v) is 13.6. The molecule has 0 unspecified atom stereocenters. The van der Waals surface area contributed by atoms with E-state index in [0.717, 1.165) is 22.5 Å². The van der Waals surface area contributed by atoms with Gasteiger partial charge in [0.1, 0.15) is 12.6 Å². The molecule has 0 bridgehead atoms. The summed E-state index contributed by atoms with van der Waals surface area (Å²) in [6.45, 7) is 5.22. The lowest BCUT2D eigenvalue weighted by Gasteiger charge is -2.32. The van der Waals surface area contributed by atoms with Crippen molar-refractivity contribution >= 4 is 50.7 Å². The largest absolute Gasteiger partial charge is 0.352 e. The first kappa shape index (κ1) is 28.0. The highest BCUT2D eigenvalue weighted by molar-refractivity contribution is 7.92. The Morgan fingerprint density at radius 1 is 1.03 bits per heavy atom. The number of halogens is 2. The molecule has 34 heavy (non-hydrogen) atoms. The van der Waals surface area contributed by atoms with Crippen molar-refractivity contribution < 1.29 is 18.0 Å². The van der Waals surface area contributed by atoms with Crippen LogP contribution in [0, 0.1) is 0 Å². The van der Waals surface area contributed by atoms with Gasteiger partial charge >= 0.3 is 0 Å². The lowest BCUT2D eigenvalue weighted by Crippen LogP contribution is -2.53. The van der Waals surface area contributed by atoms with Crippen molar-refractivity contribution in [3.8, 4) is 0 Å². The first-order chi connectivity index (χ1) is 15.9. The maximum atomic E-state index is 13.4. The fourth-order valence-electron chi connectivity index (χ4n) is 3.33. The van der Waals surface area contributed by atoms with Crippen molar-refractivity contribution in [3.05, 3.63) is 64.1 Å². The van der Waals surface area contributed by atoms with Gasteiger partial charge in [0.05, 0.1) is 11.9 Å². The summed E-state index contributed by atoms with van der Waals surface area (Å²) in [5.74, 6) is -0.809. The zero-order valence-electron chi connectivity index (χ0n) is 19.8. The molecule has 0 aliphatic carbocycles. The number of carbonyl (C=O) groups is 2. The Balaban J connectivity index is 2.34. The van der Waals surface area contributed by atoms with Gasteiger partial charge in [-0.05, 0) is 50.5 Å². The van der Waals surface area contributed by atoms with Gasteiger partial charge in [0.25, 0.3) is 0 Å². The zero-order chi connectivity index (χ0) is 25.5. The Hall–Kier alpha value is -2.29. The van der Waals surface area contributed by atoms with Crippen LogP contribution >= 0.6 is 23.2 Å². The summed E-state index contributed by atoms with van der Waals surface area (Å²) in [5.41, 5.74) is 1.17. The SMILES string of the molecule is CC[C@H](C)NC(=O)[C@@H](C)N(CCc1ccccc1)C(=O)CN(c1cc(Cl)cc(Cl)c1)S(C)(=O)=O. The molecule has 2 amide bonds. The van der Waals surface area contributed by atoms with E-state index in [1.165, 1.54) is 23.1 Å². The Bertz CT molecular complexity index is 1080. The molecule has 2 atom stereocenters. The van der Waals surface area contributed by atoms with E-state index in [0.29, 0.717) is 6.42 Å². The highest BCUT2D eigenvalue weighted by Crippen LogP contribution is 2.27. The Morgan fingerprint density at radius 2 is 1.62 bits per heavy atom. The molecule has 0 fully saturated rings. The van der Waals surface area contributed by atoms with Gasteiger partial charge in [-0.1, -0.05) is 60.5 Å². The molecular weight excluding hydrogens is 497 g/mol. The number of nitrogens with one attached hydrogen (secondary N) is 1. The van der Waals surface area contributed by atoms with E-state index in [9.17, 15) is 18.0 Å². The number of nitrogens with zero attached hydrogens (tertiary/aromatic N) is 2. The molecule has 0 saturated heterocycles. The van der Waals surface area contributed by atoms with Gasteiger partial charge in [0, 0.05) is 22.6 Å². The quantitative estimate of drug-likeness (QED) is 0.475. The van der Waals surface area contributed by atoms with E-state index in [-0.39, 0.29) is 34.2 Å². The number of hydrogen-bond acceptors (Lipinski definition) is 4. The summed E-state index contributed by atoms with van der Waals surface area (Å²) in [6, 6.07) is 13.0. The van der Waals surface area contributed by atoms with E-state index in [1.54, 1.807) is 6.92 Å². The van der Waals surface area contributed by atoms with Gasteiger partial charge in [-0.15, -0.1) is 0 Å². The Labute approximate surface area is 212 Å². The second-order valence-corrected chi connectivity index (χ2v) is 11.0. The van der Waals surface area contributed by atoms with Crippen LogP contribution in [0.2, 0.25) is 10.0 Å². The van der Waals surface area contributed by atoms with Crippen molar-refractivity contribution in [1.82, 2.24) is 10.2 Å². The third-order valence-corrected chi connectivity index (χ3v) is 7.04. The summed E-state index contributed by atoms with van der Waals surface area (Å²) >= 11 is 12.1. The monoisotopic (exact) mass is 527 g/mol. The molecule has 0 aliphatic rings. The predicted molar refractivity (Wildman–Crippen MR) is 138 cm³/mol. The minimum absolute atomic E-state index is 0.0536. The number of carbonyl (C=O) groups excluding carboxylic acids is 2. The summed E-state index contributed by atoms with van der Waals surface area (Å²) in [6.07, 6.45) is 2.26. The maximum absolute atomic E-state index is 13.4. The highest BCUT2D eigenvalue weighted by Gasteiger charge is 2.30. The van der Waals surface area contributed by atoms with Gasteiger partial charge in [0.2, 0.25) is 21.8 Å². The van der Waals surface area contributed by atoms with E-state index < -0.39 is 28.5 Å². The van der Waals surface area contributed by atoms with Gasteiger partial charge in [0.15, 0.2) is 0 Å². The number of anilines is 1. The highest BCUT2D eigenvalue weighted by atomic mass is 35.5. The van der Waals surface area contributed by atoms with Crippen LogP contribution in [-0.2, 0) is 26.0 Å². The van der Waals surface area contributed by atoms with E-state index in [4.69, 9.17) is 23.2 Å². The van der Waals surface area contributed by atoms with Crippen LogP contribution in [0.25, 0.3) is 0 Å². The maximum Gasteiger partial charge on any atom is 0.244 e. The van der Waals surface area contributed by atoms with E-state index in [1.807, 2.05) is 44.2 Å². The molecule has 186 valence electrons. The second kappa shape index (κ2) is 12.4. The summed E-state index contributed by atoms with van der Waals surface area (Å²) in [7, 11) is -3.85. The topological polar surface area (TPSA) is 86.8 Å². The fourth-order valence-corrected chi connectivity index (χ4v) is 4.68. The number of sulfonamides is 1. The molecule has 7 nitrogen and oxygen atoms in total.